The van der Waals surface area contributed by atoms with E-state index in [1.165, 1.54) is 0 Å². The summed E-state index contributed by atoms with van der Waals surface area (Å²) in [5.74, 6) is -1.01. The van der Waals surface area contributed by atoms with Crippen molar-refractivity contribution in [3.05, 3.63) is 113 Å². The number of hydrogen-bond donors (Lipinski definition) is 6. The number of hydrogen-bond acceptors (Lipinski definition) is 8. The van der Waals surface area contributed by atoms with Crippen LogP contribution in [0.3, 0.4) is 0 Å². The molecule has 3 aliphatic rings. The third-order valence-corrected chi connectivity index (χ3v) is 10.5. The van der Waals surface area contributed by atoms with E-state index in [-0.39, 0.29) is 29.8 Å². The van der Waals surface area contributed by atoms with Crippen LogP contribution in [0.4, 0.5) is 5.69 Å². The molecule has 4 bridgehead atoms. The van der Waals surface area contributed by atoms with Gasteiger partial charge in [-0.3, -0.25) is 14.4 Å². The Morgan fingerprint density at radius 1 is 1.02 bits per heavy atom. The van der Waals surface area contributed by atoms with Gasteiger partial charge in [0.15, 0.2) is 17.7 Å². The Hall–Kier alpha value is -5.62. The zero-order valence-electron chi connectivity index (χ0n) is 29.4. The summed E-state index contributed by atoms with van der Waals surface area (Å²) in [4.78, 5) is 49.7. The smallest absolute Gasteiger partial charge is 0.273 e. The third kappa shape index (κ3) is 5.40. The number of benzene rings is 3. The van der Waals surface area contributed by atoms with E-state index in [0.717, 1.165) is 38.8 Å². The number of aliphatic hydroxyl groups excluding tert-OH is 1. The van der Waals surface area contributed by atoms with Gasteiger partial charge in [0.2, 0.25) is 17.7 Å². The summed E-state index contributed by atoms with van der Waals surface area (Å²) in [6.45, 7) is 7.66. The number of oxazole rings is 1. The predicted octanol–water partition coefficient (Wildman–Crippen LogP) is 4.48. The minimum atomic E-state index is -1.29. The van der Waals surface area contributed by atoms with E-state index in [2.05, 4.69) is 32.3 Å². The average Bonchev–Trinajstić information content (AvgIpc) is 3.89. The molecule has 6 N–H and O–H groups in total. The van der Waals surface area contributed by atoms with Crippen LogP contribution < -0.4 is 26.0 Å². The number of rotatable bonds is 8. The van der Waals surface area contributed by atoms with Gasteiger partial charge in [0, 0.05) is 41.3 Å². The Kier molecular flexibility index (Phi) is 8.29. The molecule has 3 aliphatic heterocycles. The first kappa shape index (κ1) is 33.5. The molecule has 3 amide bonds. The average molecular weight is 703 g/mol. The molecule has 8 rings (SSSR count). The number of ether oxygens (including phenoxy) is 1. The molecule has 5 atom stereocenters. The maximum absolute atomic E-state index is 14.4. The Morgan fingerprint density at radius 3 is 2.62 bits per heavy atom. The van der Waals surface area contributed by atoms with Crippen molar-refractivity contribution in [3.8, 4) is 5.75 Å². The molecule has 0 aliphatic carbocycles. The number of para-hydroxylation sites is 2. The molecule has 12 heteroatoms. The molecule has 5 aromatic rings. The number of amides is 3. The van der Waals surface area contributed by atoms with Gasteiger partial charge >= 0.3 is 0 Å². The van der Waals surface area contributed by atoms with E-state index >= 15 is 0 Å². The lowest BCUT2D eigenvalue weighted by Crippen LogP contribution is -2.52. The van der Waals surface area contributed by atoms with E-state index in [1.54, 1.807) is 13.8 Å². The summed E-state index contributed by atoms with van der Waals surface area (Å²) in [6.07, 6.45) is 0.735. The standard InChI is InChI=1S/C40H42N6O6/c1-20(2)31-38-46-32(36(49)41-16-15-23-19-42-27-11-7-5-9-24(23)27)34(52-38)40-25-10-6-8-12-28(25)44-39(40)51-30-14-13-22(17-26(30)40)18-29(35(48)45-31)43-37(50)33(47)21(3)4/h5-14,17,19-21,29,31,33,39,42,44,47H,15-16,18H2,1-4H3,(H,41,49)(H,43,50)(H,45,48)/t29-,31-,33-,39?,40-/m0/s1. The van der Waals surface area contributed by atoms with Crippen molar-refractivity contribution >= 4 is 34.3 Å². The number of aromatic amines is 1. The van der Waals surface area contributed by atoms with Gasteiger partial charge in [-0.15, -0.1) is 0 Å². The predicted molar refractivity (Wildman–Crippen MR) is 194 cm³/mol. The molecular formula is C40H42N6O6. The molecule has 12 nitrogen and oxygen atoms in total. The SMILES string of the molecule is CC(C)[C@H](O)C(=O)N[C@H]1Cc2ccc3c(c2)[C@@]2(c4ccccc4NC2O3)c2oc(nc2C(=O)NCCc2c[nH]c3ccccc23)[C@H](C(C)C)NC1=O. The highest BCUT2D eigenvalue weighted by Crippen LogP contribution is 2.58. The highest BCUT2D eigenvalue weighted by atomic mass is 16.5. The van der Waals surface area contributed by atoms with E-state index in [1.807, 2.05) is 80.7 Å². The number of carbonyl (C=O) groups excluding carboxylic acids is 3. The van der Waals surface area contributed by atoms with Crippen LogP contribution in [0, 0.1) is 11.8 Å². The highest BCUT2D eigenvalue weighted by molar-refractivity contribution is 5.95. The topological polar surface area (TPSA) is 171 Å². The van der Waals surface area contributed by atoms with Crippen molar-refractivity contribution in [3.63, 3.8) is 0 Å². The van der Waals surface area contributed by atoms with Gasteiger partial charge in [0.1, 0.15) is 29.4 Å². The van der Waals surface area contributed by atoms with Crippen LogP contribution in [-0.4, -0.2) is 57.7 Å². The monoisotopic (exact) mass is 702 g/mol. The molecular weight excluding hydrogens is 660 g/mol. The minimum absolute atomic E-state index is 0.100. The summed E-state index contributed by atoms with van der Waals surface area (Å²) in [6, 6.07) is 19.7. The Morgan fingerprint density at radius 2 is 1.81 bits per heavy atom. The second kappa shape index (κ2) is 12.9. The largest absolute Gasteiger partial charge is 0.469 e. The lowest BCUT2D eigenvalue weighted by molar-refractivity contribution is -0.135. The zero-order valence-corrected chi connectivity index (χ0v) is 29.4. The maximum atomic E-state index is 14.4. The molecule has 1 spiro atoms. The quantitative estimate of drug-likeness (QED) is 0.138. The van der Waals surface area contributed by atoms with Crippen molar-refractivity contribution in [2.45, 2.75) is 70.4 Å². The summed E-state index contributed by atoms with van der Waals surface area (Å²) in [5, 5.41) is 24.1. The normalized spacial score (nSPS) is 22.1. The van der Waals surface area contributed by atoms with E-state index < -0.39 is 47.6 Å². The van der Waals surface area contributed by atoms with Gasteiger partial charge in [-0.05, 0) is 53.1 Å². The summed E-state index contributed by atoms with van der Waals surface area (Å²) in [5.41, 5.74) is 4.28. The van der Waals surface area contributed by atoms with E-state index in [4.69, 9.17) is 14.1 Å². The number of fused-ring (bicyclic) bond motifs is 5. The number of carbonyl (C=O) groups is 3. The molecule has 0 saturated carbocycles. The Bertz CT molecular complexity index is 2210. The van der Waals surface area contributed by atoms with Crippen molar-refractivity contribution < 1.29 is 28.6 Å². The van der Waals surface area contributed by atoms with Crippen molar-refractivity contribution in [2.75, 3.05) is 11.9 Å². The summed E-state index contributed by atoms with van der Waals surface area (Å²) < 4.78 is 13.4. The lowest BCUT2D eigenvalue weighted by Gasteiger charge is -2.29. The van der Waals surface area contributed by atoms with E-state index in [9.17, 15) is 19.5 Å². The first-order valence-electron chi connectivity index (χ1n) is 17.9. The number of nitrogens with one attached hydrogen (secondary N) is 5. The number of anilines is 1. The molecule has 3 aromatic carbocycles. The van der Waals surface area contributed by atoms with Crippen LogP contribution in [0.25, 0.3) is 10.9 Å². The first-order valence-corrected chi connectivity index (χ1v) is 17.9. The van der Waals surface area contributed by atoms with Gasteiger partial charge in [-0.2, -0.15) is 0 Å². The second-order valence-corrected chi connectivity index (χ2v) is 14.6. The first-order chi connectivity index (χ1) is 25.1. The van der Waals surface area contributed by atoms with Crippen molar-refractivity contribution in [2.24, 2.45) is 11.8 Å². The molecule has 268 valence electrons. The molecule has 2 aromatic heterocycles. The van der Waals surface area contributed by atoms with Crippen LogP contribution in [0.5, 0.6) is 5.75 Å². The van der Waals surface area contributed by atoms with Crippen LogP contribution in [-0.2, 0) is 27.8 Å². The summed E-state index contributed by atoms with van der Waals surface area (Å²) >= 11 is 0. The third-order valence-electron chi connectivity index (χ3n) is 10.5. The maximum Gasteiger partial charge on any atom is 0.273 e. The molecule has 0 radical (unpaired) electrons. The fourth-order valence-electron chi connectivity index (χ4n) is 7.75. The molecule has 0 fully saturated rings. The molecule has 0 saturated heterocycles. The number of aromatic nitrogens is 2. The van der Waals surface area contributed by atoms with Crippen LogP contribution >= 0.6 is 0 Å². The Balaban J connectivity index is 1.25. The van der Waals surface area contributed by atoms with Crippen molar-refractivity contribution in [1.82, 2.24) is 25.9 Å². The van der Waals surface area contributed by atoms with Gasteiger partial charge in [-0.1, -0.05) is 76.2 Å². The molecule has 52 heavy (non-hydrogen) atoms. The summed E-state index contributed by atoms with van der Waals surface area (Å²) in [7, 11) is 0. The lowest BCUT2D eigenvalue weighted by atomic mass is 9.72. The van der Waals surface area contributed by atoms with Gasteiger partial charge < -0.3 is 40.5 Å². The minimum Gasteiger partial charge on any atom is -0.469 e. The van der Waals surface area contributed by atoms with Gasteiger partial charge in [0.25, 0.3) is 5.91 Å². The van der Waals surface area contributed by atoms with Gasteiger partial charge in [0.05, 0.1) is 0 Å². The number of nitrogens with zero attached hydrogens (tertiary/aromatic N) is 1. The highest BCUT2D eigenvalue weighted by Gasteiger charge is 2.61. The van der Waals surface area contributed by atoms with Gasteiger partial charge in [-0.25, -0.2) is 4.98 Å². The van der Waals surface area contributed by atoms with Crippen molar-refractivity contribution in [1.29, 1.82) is 0 Å². The van der Waals surface area contributed by atoms with Crippen LogP contribution in [0.2, 0.25) is 0 Å². The fourth-order valence-corrected chi connectivity index (χ4v) is 7.75. The number of aliphatic hydroxyl groups is 1. The zero-order chi connectivity index (χ0) is 36.3. The molecule has 5 heterocycles. The fraction of sp³-hybridized carbons (Fsp3) is 0.350. The number of H-pyrrole nitrogens is 1. The Labute approximate surface area is 300 Å². The van der Waals surface area contributed by atoms with Crippen LogP contribution in [0.1, 0.15) is 78.1 Å². The van der Waals surface area contributed by atoms with E-state index in [0.29, 0.717) is 24.5 Å². The second-order valence-electron chi connectivity index (χ2n) is 14.6. The van der Waals surface area contributed by atoms with Crippen LogP contribution in [0.15, 0.2) is 77.3 Å². The molecule has 1 unspecified atom stereocenters.